The fourth-order valence-electron chi connectivity index (χ4n) is 2.70. The van der Waals surface area contributed by atoms with E-state index in [2.05, 4.69) is 5.32 Å². The van der Waals surface area contributed by atoms with Crippen molar-refractivity contribution in [3.05, 3.63) is 35.6 Å². The number of rotatable bonds is 4. The van der Waals surface area contributed by atoms with Gasteiger partial charge in [0.15, 0.2) is 0 Å². The quantitative estimate of drug-likeness (QED) is 0.889. The minimum Gasteiger partial charge on any atom is -0.393 e. The SMILES string of the molecule is CC(C)(C(=O)NCC1CCCC1O)c1ccc(F)cc1. The van der Waals surface area contributed by atoms with Crippen LogP contribution in [0.15, 0.2) is 24.3 Å². The first-order valence-corrected chi connectivity index (χ1v) is 7.13. The molecule has 2 rings (SSSR count). The van der Waals surface area contributed by atoms with Crippen molar-refractivity contribution in [2.45, 2.75) is 44.6 Å². The smallest absolute Gasteiger partial charge is 0.230 e. The van der Waals surface area contributed by atoms with Gasteiger partial charge in [-0.3, -0.25) is 4.79 Å². The van der Waals surface area contributed by atoms with Gasteiger partial charge in [-0.05, 0) is 44.4 Å². The number of hydrogen-bond donors (Lipinski definition) is 2. The van der Waals surface area contributed by atoms with Crippen LogP contribution >= 0.6 is 0 Å². The van der Waals surface area contributed by atoms with E-state index in [-0.39, 0.29) is 23.7 Å². The highest BCUT2D eigenvalue weighted by molar-refractivity contribution is 5.87. The summed E-state index contributed by atoms with van der Waals surface area (Å²) in [4.78, 5) is 12.3. The molecule has 2 unspecified atom stereocenters. The van der Waals surface area contributed by atoms with Gasteiger partial charge >= 0.3 is 0 Å². The number of hydrogen-bond acceptors (Lipinski definition) is 2. The second-order valence-electron chi connectivity index (χ2n) is 6.10. The Labute approximate surface area is 119 Å². The summed E-state index contributed by atoms with van der Waals surface area (Å²) >= 11 is 0. The molecule has 0 heterocycles. The topological polar surface area (TPSA) is 49.3 Å². The minimum atomic E-state index is -0.711. The summed E-state index contributed by atoms with van der Waals surface area (Å²) in [5, 5.41) is 12.7. The van der Waals surface area contributed by atoms with Gasteiger partial charge in [-0.1, -0.05) is 18.6 Å². The molecule has 2 N–H and O–H groups in total. The normalized spacial score (nSPS) is 22.8. The molecule has 110 valence electrons. The molecule has 1 fully saturated rings. The van der Waals surface area contributed by atoms with Crippen molar-refractivity contribution in [1.29, 1.82) is 0 Å². The standard InChI is InChI=1S/C16H22FNO2/c1-16(2,12-6-8-13(17)9-7-12)15(20)18-10-11-4-3-5-14(11)19/h6-9,11,14,19H,3-5,10H2,1-2H3,(H,18,20). The van der Waals surface area contributed by atoms with E-state index in [1.54, 1.807) is 12.1 Å². The highest BCUT2D eigenvalue weighted by atomic mass is 19.1. The average molecular weight is 279 g/mol. The lowest BCUT2D eigenvalue weighted by Gasteiger charge is -2.25. The van der Waals surface area contributed by atoms with Crippen LogP contribution in [0.4, 0.5) is 4.39 Å². The van der Waals surface area contributed by atoms with Gasteiger partial charge in [0.05, 0.1) is 11.5 Å². The van der Waals surface area contributed by atoms with Crippen LogP contribution in [0.2, 0.25) is 0 Å². The zero-order valence-electron chi connectivity index (χ0n) is 12.0. The van der Waals surface area contributed by atoms with Crippen LogP contribution in [-0.2, 0) is 10.2 Å². The fourth-order valence-corrected chi connectivity index (χ4v) is 2.70. The second-order valence-corrected chi connectivity index (χ2v) is 6.10. The van der Waals surface area contributed by atoms with Crippen molar-refractivity contribution in [2.75, 3.05) is 6.54 Å². The third-order valence-electron chi connectivity index (χ3n) is 4.28. The molecule has 1 aromatic carbocycles. The van der Waals surface area contributed by atoms with Crippen LogP contribution in [0, 0.1) is 11.7 Å². The third kappa shape index (κ3) is 3.18. The summed E-state index contributed by atoms with van der Waals surface area (Å²) in [6.07, 6.45) is 2.49. The lowest BCUT2D eigenvalue weighted by Crippen LogP contribution is -2.43. The summed E-state index contributed by atoms with van der Waals surface area (Å²) in [7, 11) is 0. The molecule has 1 amide bonds. The maximum Gasteiger partial charge on any atom is 0.230 e. The molecule has 0 bridgehead atoms. The van der Waals surface area contributed by atoms with Gasteiger partial charge in [-0.25, -0.2) is 4.39 Å². The first-order valence-electron chi connectivity index (χ1n) is 7.13. The fraction of sp³-hybridized carbons (Fsp3) is 0.562. The molecule has 0 radical (unpaired) electrons. The maximum absolute atomic E-state index is 12.9. The van der Waals surface area contributed by atoms with Crippen LogP contribution in [-0.4, -0.2) is 23.7 Å². The highest BCUT2D eigenvalue weighted by Crippen LogP contribution is 2.26. The minimum absolute atomic E-state index is 0.0943. The third-order valence-corrected chi connectivity index (χ3v) is 4.28. The Hall–Kier alpha value is -1.42. The molecule has 0 aliphatic heterocycles. The maximum atomic E-state index is 12.9. The number of halogens is 1. The number of carbonyl (C=O) groups excluding carboxylic acids is 1. The van der Waals surface area contributed by atoms with Gasteiger partial charge in [-0.2, -0.15) is 0 Å². The van der Waals surface area contributed by atoms with E-state index in [9.17, 15) is 14.3 Å². The lowest BCUT2D eigenvalue weighted by molar-refractivity contribution is -0.126. The van der Waals surface area contributed by atoms with E-state index < -0.39 is 5.41 Å². The molecular weight excluding hydrogens is 257 g/mol. The Morgan fingerprint density at radius 3 is 2.55 bits per heavy atom. The van der Waals surface area contributed by atoms with E-state index in [1.807, 2.05) is 13.8 Å². The summed E-state index contributed by atoms with van der Waals surface area (Å²) in [6, 6.07) is 6.01. The Morgan fingerprint density at radius 1 is 1.35 bits per heavy atom. The molecule has 20 heavy (non-hydrogen) atoms. The summed E-state index contributed by atoms with van der Waals surface area (Å²) in [6.45, 7) is 4.14. The molecule has 0 saturated heterocycles. The predicted octanol–water partition coefficient (Wildman–Crippen LogP) is 2.38. The van der Waals surface area contributed by atoms with Gasteiger partial charge < -0.3 is 10.4 Å². The number of amides is 1. The summed E-state index contributed by atoms with van der Waals surface area (Å²) in [5.41, 5.74) is 0.0698. The second kappa shape index (κ2) is 5.92. The first kappa shape index (κ1) is 15.0. The Morgan fingerprint density at radius 2 is 2.00 bits per heavy atom. The van der Waals surface area contributed by atoms with E-state index in [0.717, 1.165) is 24.8 Å². The van der Waals surface area contributed by atoms with Crippen LogP contribution in [0.5, 0.6) is 0 Å². The van der Waals surface area contributed by atoms with Crippen molar-refractivity contribution < 1.29 is 14.3 Å². The molecule has 3 nitrogen and oxygen atoms in total. The summed E-state index contributed by atoms with van der Waals surface area (Å²) in [5.74, 6) is -0.245. The number of aliphatic hydroxyl groups is 1. The van der Waals surface area contributed by atoms with Crippen molar-refractivity contribution >= 4 is 5.91 Å². The number of benzene rings is 1. The van der Waals surface area contributed by atoms with E-state index in [1.165, 1.54) is 12.1 Å². The largest absolute Gasteiger partial charge is 0.393 e. The molecule has 1 aromatic rings. The number of nitrogens with one attached hydrogen (secondary N) is 1. The number of carbonyl (C=O) groups is 1. The number of aliphatic hydroxyl groups excluding tert-OH is 1. The Balaban J connectivity index is 1.98. The first-order chi connectivity index (χ1) is 9.41. The predicted molar refractivity (Wildman–Crippen MR) is 75.8 cm³/mol. The molecule has 0 spiro atoms. The molecule has 2 atom stereocenters. The van der Waals surface area contributed by atoms with Crippen molar-refractivity contribution in [3.8, 4) is 0 Å². The molecule has 1 aliphatic carbocycles. The van der Waals surface area contributed by atoms with Crippen LogP contribution in [0.1, 0.15) is 38.7 Å². The monoisotopic (exact) mass is 279 g/mol. The zero-order chi connectivity index (χ0) is 14.8. The molecule has 1 saturated carbocycles. The average Bonchev–Trinajstić information content (AvgIpc) is 2.82. The van der Waals surface area contributed by atoms with Gasteiger partial charge in [0.25, 0.3) is 0 Å². The van der Waals surface area contributed by atoms with Crippen molar-refractivity contribution in [2.24, 2.45) is 5.92 Å². The zero-order valence-corrected chi connectivity index (χ0v) is 12.0. The molecule has 4 heteroatoms. The van der Waals surface area contributed by atoms with E-state index >= 15 is 0 Å². The summed E-state index contributed by atoms with van der Waals surface area (Å²) < 4.78 is 12.9. The van der Waals surface area contributed by atoms with Crippen molar-refractivity contribution in [1.82, 2.24) is 5.32 Å². The van der Waals surface area contributed by atoms with Gasteiger partial charge in [0.1, 0.15) is 5.82 Å². The molecule has 1 aliphatic rings. The van der Waals surface area contributed by atoms with Gasteiger partial charge in [0, 0.05) is 12.5 Å². The Kier molecular flexibility index (Phi) is 4.43. The molecule has 0 aromatic heterocycles. The highest BCUT2D eigenvalue weighted by Gasteiger charge is 2.31. The van der Waals surface area contributed by atoms with E-state index in [0.29, 0.717) is 6.54 Å². The molecular formula is C16H22FNO2. The van der Waals surface area contributed by atoms with Crippen LogP contribution in [0.25, 0.3) is 0 Å². The Bertz CT molecular complexity index is 470. The van der Waals surface area contributed by atoms with Crippen molar-refractivity contribution in [3.63, 3.8) is 0 Å². The lowest BCUT2D eigenvalue weighted by atomic mass is 9.83. The van der Waals surface area contributed by atoms with Crippen LogP contribution < -0.4 is 5.32 Å². The van der Waals surface area contributed by atoms with Gasteiger partial charge in [-0.15, -0.1) is 0 Å². The van der Waals surface area contributed by atoms with Crippen LogP contribution in [0.3, 0.4) is 0 Å². The van der Waals surface area contributed by atoms with Gasteiger partial charge in [0.2, 0.25) is 5.91 Å². The van der Waals surface area contributed by atoms with E-state index in [4.69, 9.17) is 0 Å².